The van der Waals surface area contributed by atoms with E-state index >= 15 is 0 Å². The van der Waals surface area contributed by atoms with Crippen molar-refractivity contribution in [2.45, 2.75) is 12.8 Å². The molecule has 0 fully saturated rings. The van der Waals surface area contributed by atoms with Crippen LogP contribution in [-0.2, 0) is 6.42 Å². The van der Waals surface area contributed by atoms with Gasteiger partial charge in [-0.05, 0) is 34.5 Å². The van der Waals surface area contributed by atoms with Gasteiger partial charge < -0.3 is 4.42 Å². The standard InChI is InChI=1S/C12H10BrClFNO/c13-8-3-1-4-9(15)12(8)10-7-16-11(17-10)5-2-6-14/h1,3-4,7H,2,5-6H2. The smallest absolute Gasteiger partial charge is 0.194 e. The van der Waals surface area contributed by atoms with E-state index in [4.69, 9.17) is 16.0 Å². The number of halogens is 3. The van der Waals surface area contributed by atoms with Crippen LogP contribution in [0.15, 0.2) is 33.3 Å². The summed E-state index contributed by atoms with van der Waals surface area (Å²) in [6.07, 6.45) is 2.99. The van der Waals surface area contributed by atoms with E-state index in [1.54, 1.807) is 12.1 Å². The minimum atomic E-state index is -0.334. The Morgan fingerprint density at radius 1 is 1.41 bits per heavy atom. The van der Waals surface area contributed by atoms with Crippen LogP contribution < -0.4 is 0 Å². The number of aromatic nitrogens is 1. The third-order valence-corrected chi connectivity index (χ3v) is 3.22. The second-order valence-corrected chi connectivity index (χ2v) is 4.74. The van der Waals surface area contributed by atoms with E-state index in [0.29, 0.717) is 34.0 Å². The Morgan fingerprint density at radius 3 is 2.94 bits per heavy atom. The fourth-order valence-corrected chi connectivity index (χ4v) is 2.16. The van der Waals surface area contributed by atoms with Crippen LogP contribution in [0.4, 0.5) is 4.39 Å². The van der Waals surface area contributed by atoms with Crippen molar-refractivity contribution >= 4 is 27.5 Å². The van der Waals surface area contributed by atoms with Crippen molar-refractivity contribution in [2.24, 2.45) is 0 Å². The van der Waals surface area contributed by atoms with Gasteiger partial charge >= 0.3 is 0 Å². The van der Waals surface area contributed by atoms with E-state index in [-0.39, 0.29) is 5.82 Å². The van der Waals surface area contributed by atoms with Gasteiger partial charge in [0.2, 0.25) is 0 Å². The highest BCUT2D eigenvalue weighted by Crippen LogP contribution is 2.31. The Labute approximate surface area is 112 Å². The molecule has 17 heavy (non-hydrogen) atoms. The molecular formula is C12H10BrClFNO. The lowest BCUT2D eigenvalue weighted by molar-refractivity contribution is 0.499. The molecule has 1 aromatic carbocycles. The van der Waals surface area contributed by atoms with Crippen molar-refractivity contribution < 1.29 is 8.81 Å². The average Bonchev–Trinajstić information content (AvgIpc) is 2.75. The second-order valence-electron chi connectivity index (χ2n) is 3.51. The SMILES string of the molecule is Fc1cccc(Br)c1-c1cnc(CCCCl)o1. The van der Waals surface area contributed by atoms with Gasteiger partial charge in [-0.15, -0.1) is 11.6 Å². The molecule has 2 aromatic rings. The minimum Gasteiger partial charge on any atom is -0.441 e. The molecule has 0 saturated heterocycles. The van der Waals surface area contributed by atoms with Crippen LogP contribution in [0.3, 0.4) is 0 Å². The van der Waals surface area contributed by atoms with Crippen molar-refractivity contribution in [2.75, 3.05) is 5.88 Å². The monoisotopic (exact) mass is 317 g/mol. The number of aryl methyl sites for hydroxylation is 1. The minimum absolute atomic E-state index is 0.334. The van der Waals surface area contributed by atoms with Gasteiger partial charge in [-0.2, -0.15) is 0 Å². The van der Waals surface area contributed by atoms with E-state index < -0.39 is 0 Å². The van der Waals surface area contributed by atoms with E-state index in [1.807, 2.05) is 0 Å². The lowest BCUT2D eigenvalue weighted by Gasteiger charge is -2.01. The lowest BCUT2D eigenvalue weighted by Crippen LogP contribution is -1.85. The van der Waals surface area contributed by atoms with Crippen molar-refractivity contribution in [3.8, 4) is 11.3 Å². The molecule has 0 aliphatic heterocycles. The molecule has 5 heteroatoms. The third-order valence-electron chi connectivity index (χ3n) is 2.29. The predicted octanol–water partition coefficient (Wildman–Crippen LogP) is 4.41. The van der Waals surface area contributed by atoms with Crippen LogP contribution in [0.25, 0.3) is 11.3 Å². The molecule has 0 spiro atoms. The van der Waals surface area contributed by atoms with Gasteiger partial charge in [-0.1, -0.05) is 6.07 Å². The first kappa shape index (κ1) is 12.6. The fraction of sp³-hybridized carbons (Fsp3) is 0.250. The zero-order valence-corrected chi connectivity index (χ0v) is 11.3. The molecule has 2 nitrogen and oxygen atoms in total. The highest BCUT2D eigenvalue weighted by atomic mass is 79.9. The number of hydrogen-bond acceptors (Lipinski definition) is 2. The molecular weight excluding hydrogens is 308 g/mol. The number of hydrogen-bond donors (Lipinski definition) is 0. The summed E-state index contributed by atoms with van der Waals surface area (Å²) in [4.78, 5) is 4.10. The van der Waals surface area contributed by atoms with Crippen molar-refractivity contribution in [1.29, 1.82) is 0 Å². The predicted molar refractivity (Wildman–Crippen MR) is 68.6 cm³/mol. The van der Waals surface area contributed by atoms with Gasteiger partial charge in [0, 0.05) is 16.8 Å². The highest BCUT2D eigenvalue weighted by molar-refractivity contribution is 9.10. The van der Waals surface area contributed by atoms with Crippen LogP contribution in [0, 0.1) is 5.82 Å². The molecule has 0 amide bonds. The number of benzene rings is 1. The van der Waals surface area contributed by atoms with Crippen molar-refractivity contribution in [3.05, 3.63) is 40.6 Å². The van der Waals surface area contributed by atoms with Crippen molar-refractivity contribution in [3.63, 3.8) is 0 Å². The molecule has 1 heterocycles. The summed E-state index contributed by atoms with van der Waals surface area (Å²) in [6.45, 7) is 0. The summed E-state index contributed by atoms with van der Waals surface area (Å²) in [7, 11) is 0. The maximum absolute atomic E-state index is 13.7. The summed E-state index contributed by atoms with van der Waals surface area (Å²) in [6, 6.07) is 4.79. The van der Waals surface area contributed by atoms with Gasteiger partial charge in [-0.3, -0.25) is 0 Å². The molecule has 0 aliphatic carbocycles. The Kier molecular flexibility index (Phi) is 4.18. The van der Waals surface area contributed by atoms with Crippen molar-refractivity contribution in [1.82, 2.24) is 4.98 Å². The average molecular weight is 319 g/mol. The zero-order valence-electron chi connectivity index (χ0n) is 8.92. The van der Waals surface area contributed by atoms with Gasteiger partial charge in [0.15, 0.2) is 11.7 Å². The molecule has 0 radical (unpaired) electrons. The topological polar surface area (TPSA) is 26.0 Å². The van der Waals surface area contributed by atoms with Crippen LogP contribution >= 0.6 is 27.5 Å². The van der Waals surface area contributed by atoms with Gasteiger partial charge in [0.25, 0.3) is 0 Å². The fourth-order valence-electron chi connectivity index (χ4n) is 1.49. The number of alkyl halides is 1. The molecule has 0 atom stereocenters. The number of oxazole rings is 1. The normalized spacial score (nSPS) is 10.8. The highest BCUT2D eigenvalue weighted by Gasteiger charge is 2.13. The number of nitrogens with zero attached hydrogens (tertiary/aromatic N) is 1. The Bertz CT molecular complexity index is 495. The molecule has 0 bridgehead atoms. The van der Waals surface area contributed by atoms with Gasteiger partial charge in [-0.25, -0.2) is 9.37 Å². The Balaban J connectivity index is 2.30. The molecule has 0 unspecified atom stereocenters. The number of rotatable bonds is 4. The summed E-state index contributed by atoms with van der Waals surface area (Å²) in [5.74, 6) is 1.23. The Morgan fingerprint density at radius 2 is 2.24 bits per heavy atom. The maximum Gasteiger partial charge on any atom is 0.194 e. The summed E-state index contributed by atoms with van der Waals surface area (Å²) < 4.78 is 19.8. The molecule has 1 aromatic heterocycles. The molecule has 0 saturated carbocycles. The van der Waals surface area contributed by atoms with E-state index in [9.17, 15) is 4.39 Å². The van der Waals surface area contributed by atoms with E-state index in [1.165, 1.54) is 12.3 Å². The van der Waals surface area contributed by atoms with Crippen LogP contribution in [-0.4, -0.2) is 10.9 Å². The molecule has 0 N–H and O–H groups in total. The van der Waals surface area contributed by atoms with E-state index in [2.05, 4.69) is 20.9 Å². The van der Waals surface area contributed by atoms with Crippen LogP contribution in [0.5, 0.6) is 0 Å². The largest absolute Gasteiger partial charge is 0.441 e. The first-order valence-corrected chi connectivity index (χ1v) is 6.50. The first-order chi connectivity index (χ1) is 8.22. The Hall–Kier alpha value is -0.870. The quantitative estimate of drug-likeness (QED) is 0.780. The first-order valence-electron chi connectivity index (χ1n) is 5.17. The van der Waals surface area contributed by atoms with E-state index in [0.717, 1.165) is 6.42 Å². The second kappa shape index (κ2) is 5.65. The van der Waals surface area contributed by atoms with Gasteiger partial charge in [0.05, 0.1) is 11.8 Å². The zero-order chi connectivity index (χ0) is 12.3. The van der Waals surface area contributed by atoms with Crippen LogP contribution in [0.1, 0.15) is 12.3 Å². The maximum atomic E-state index is 13.7. The summed E-state index contributed by atoms with van der Waals surface area (Å²) >= 11 is 8.89. The molecule has 0 aliphatic rings. The molecule has 90 valence electrons. The summed E-state index contributed by atoms with van der Waals surface area (Å²) in [5.41, 5.74) is 0.400. The molecule has 2 rings (SSSR count). The summed E-state index contributed by atoms with van der Waals surface area (Å²) in [5, 5.41) is 0. The third kappa shape index (κ3) is 2.87. The van der Waals surface area contributed by atoms with Gasteiger partial charge in [0.1, 0.15) is 5.82 Å². The van der Waals surface area contributed by atoms with Crippen LogP contribution in [0.2, 0.25) is 0 Å². The lowest BCUT2D eigenvalue weighted by atomic mass is 10.2.